The van der Waals surface area contributed by atoms with Gasteiger partial charge in [-0.3, -0.25) is 9.36 Å². The Bertz CT molecular complexity index is 950. The fraction of sp³-hybridized carbons (Fsp3) is 0.609. The second-order valence-electron chi connectivity index (χ2n) is 8.91. The van der Waals surface area contributed by atoms with Gasteiger partial charge in [0, 0.05) is 25.5 Å². The molecule has 29 heavy (non-hydrogen) atoms. The Kier molecular flexibility index (Phi) is 5.12. The summed E-state index contributed by atoms with van der Waals surface area (Å²) in [7, 11) is 0. The van der Waals surface area contributed by atoms with E-state index >= 15 is 0 Å². The average Bonchev–Trinajstić information content (AvgIpc) is 2.72. The van der Waals surface area contributed by atoms with Crippen LogP contribution in [-0.2, 0) is 11.3 Å². The van der Waals surface area contributed by atoms with E-state index in [1.54, 1.807) is 4.57 Å². The van der Waals surface area contributed by atoms with Crippen molar-refractivity contribution >= 4 is 22.6 Å². The topological polar surface area (TPSA) is 68.5 Å². The molecule has 4 fully saturated rings. The van der Waals surface area contributed by atoms with Crippen LogP contribution in [0.5, 0.6) is 0 Å². The normalized spacial score (nSPS) is 27.6. The average molecular weight is 395 g/mol. The summed E-state index contributed by atoms with van der Waals surface area (Å²) in [6.45, 7) is 3.88. The largest absolute Gasteiger partial charge is 0.382 e. The molecule has 1 aromatic carbocycles. The number of para-hydroxylation sites is 1. The van der Waals surface area contributed by atoms with Crippen molar-refractivity contribution in [2.45, 2.75) is 52.0 Å². The second-order valence-corrected chi connectivity index (χ2v) is 8.91. The van der Waals surface area contributed by atoms with Crippen LogP contribution >= 0.6 is 0 Å². The summed E-state index contributed by atoms with van der Waals surface area (Å²) in [6.07, 6.45) is 7.37. The SMILES string of the molecule is CCOCCCn1c(NN=C2C3CC4CC(C3)CC2C4)nc2ccccc2c1=O. The Labute approximate surface area is 171 Å². The molecule has 1 heterocycles. The minimum Gasteiger partial charge on any atom is -0.382 e. The third-order valence-corrected chi connectivity index (χ3v) is 7.00. The third kappa shape index (κ3) is 3.59. The molecule has 4 aliphatic carbocycles. The van der Waals surface area contributed by atoms with E-state index in [2.05, 4.69) is 5.43 Å². The number of fused-ring (bicyclic) bond motifs is 1. The van der Waals surface area contributed by atoms with Gasteiger partial charge in [0.1, 0.15) is 0 Å². The lowest BCUT2D eigenvalue weighted by molar-refractivity contribution is 0.108. The molecule has 1 N–H and O–H groups in total. The monoisotopic (exact) mass is 394 g/mol. The molecule has 2 aromatic rings. The number of hydrogen-bond acceptors (Lipinski definition) is 5. The molecule has 0 aliphatic heterocycles. The first kappa shape index (κ1) is 18.8. The van der Waals surface area contributed by atoms with Crippen molar-refractivity contribution in [1.82, 2.24) is 9.55 Å². The van der Waals surface area contributed by atoms with E-state index in [4.69, 9.17) is 14.8 Å². The summed E-state index contributed by atoms with van der Waals surface area (Å²) >= 11 is 0. The van der Waals surface area contributed by atoms with Crippen molar-refractivity contribution < 1.29 is 4.74 Å². The zero-order valence-corrected chi connectivity index (χ0v) is 17.1. The van der Waals surface area contributed by atoms with Gasteiger partial charge in [-0.1, -0.05) is 12.1 Å². The van der Waals surface area contributed by atoms with Crippen molar-refractivity contribution in [2.24, 2.45) is 28.8 Å². The smallest absolute Gasteiger partial charge is 0.262 e. The minimum absolute atomic E-state index is 0.0140. The van der Waals surface area contributed by atoms with Crippen molar-refractivity contribution in [1.29, 1.82) is 0 Å². The highest BCUT2D eigenvalue weighted by Gasteiger charge is 2.46. The van der Waals surface area contributed by atoms with Crippen LogP contribution in [0.1, 0.15) is 45.4 Å². The Morgan fingerprint density at radius 3 is 2.59 bits per heavy atom. The van der Waals surface area contributed by atoms with E-state index in [1.807, 2.05) is 31.2 Å². The van der Waals surface area contributed by atoms with Gasteiger partial charge in [-0.2, -0.15) is 5.10 Å². The van der Waals surface area contributed by atoms with Crippen molar-refractivity contribution in [3.63, 3.8) is 0 Å². The summed E-state index contributed by atoms with van der Waals surface area (Å²) in [5.74, 6) is 3.61. The van der Waals surface area contributed by atoms with Crippen LogP contribution in [-0.4, -0.2) is 28.5 Å². The highest BCUT2D eigenvalue weighted by molar-refractivity contribution is 5.91. The molecule has 154 valence electrons. The van der Waals surface area contributed by atoms with Gasteiger partial charge in [-0.25, -0.2) is 10.4 Å². The maximum atomic E-state index is 13.1. The standard InChI is InChI=1S/C23H30N4O2/c1-2-29-9-5-8-27-22(28)19-6-3-4-7-20(19)24-23(27)26-25-21-17-11-15-10-16(13-17)14-18(21)12-15/h3-4,6-7,15-18H,2,5,8-14H2,1H3,(H,24,26). The Balaban J connectivity index is 1.44. The van der Waals surface area contributed by atoms with E-state index in [0.717, 1.165) is 18.3 Å². The lowest BCUT2D eigenvalue weighted by atomic mass is 9.55. The number of anilines is 1. The van der Waals surface area contributed by atoms with E-state index < -0.39 is 0 Å². The summed E-state index contributed by atoms with van der Waals surface area (Å²) in [6, 6.07) is 7.54. The fourth-order valence-corrected chi connectivity index (χ4v) is 5.89. The predicted octanol–water partition coefficient (Wildman–Crippen LogP) is 4.05. The van der Waals surface area contributed by atoms with Gasteiger partial charge in [0.25, 0.3) is 5.56 Å². The number of aromatic nitrogens is 2. The van der Waals surface area contributed by atoms with E-state index in [-0.39, 0.29) is 5.56 Å². The van der Waals surface area contributed by atoms with Crippen LogP contribution in [0, 0.1) is 23.7 Å². The van der Waals surface area contributed by atoms with Crippen LogP contribution in [0.3, 0.4) is 0 Å². The molecule has 0 amide bonds. The first-order chi connectivity index (χ1) is 14.2. The number of hydrazone groups is 1. The molecule has 6 nitrogen and oxygen atoms in total. The molecule has 4 aliphatic rings. The van der Waals surface area contributed by atoms with Crippen molar-refractivity contribution in [3.8, 4) is 0 Å². The summed E-state index contributed by atoms with van der Waals surface area (Å²) < 4.78 is 7.18. The third-order valence-electron chi connectivity index (χ3n) is 7.00. The lowest BCUT2D eigenvalue weighted by Crippen LogP contribution is -2.45. The maximum absolute atomic E-state index is 13.1. The molecule has 0 saturated heterocycles. The molecule has 4 saturated carbocycles. The number of benzene rings is 1. The maximum Gasteiger partial charge on any atom is 0.262 e. The Hall–Kier alpha value is -2.21. The molecule has 0 spiro atoms. The molecule has 0 radical (unpaired) electrons. The van der Waals surface area contributed by atoms with E-state index in [9.17, 15) is 4.79 Å². The van der Waals surface area contributed by atoms with Gasteiger partial charge in [0.05, 0.1) is 10.9 Å². The summed E-state index contributed by atoms with van der Waals surface area (Å²) in [5.41, 5.74) is 5.23. The van der Waals surface area contributed by atoms with Crippen LogP contribution in [0.2, 0.25) is 0 Å². The van der Waals surface area contributed by atoms with Gasteiger partial charge in [0.15, 0.2) is 0 Å². The molecule has 0 unspecified atom stereocenters. The second kappa shape index (κ2) is 7.90. The molecule has 4 bridgehead atoms. The van der Waals surface area contributed by atoms with E-state index in [1.165, 1.54) is 37.8 Å². The summed E-state index contributed by atoms with van der Waals surface area (Å²) in [5, 5.41) is 5.51. The van der Waals surface area contributed by atoms with Crippen molar-refractivity contribution in [3.05, 3.63) is 34.6 Å². The first-order valence-electron chi connectivity index (χ1n) is 11.1. The molecule has 6 heteroatoms. The van der Waals surface area contributed by atoms with Crippen LogP contribution < -0.4 is 11.0 Å². The highest BCUT2D eigenvalue weighted by atomic mass is 16.5. The fourth-order valence-electron chi connectivity index (χ4n) is 5.89. The van der Waals surface area contributed by atoms with Crippen LogP contribution in [0.15, 0.2) is 34.2 Å². The zero-order chi connectivity index (χ0) is 19.8. The van der Waals surface area contributed by atoms with Gasteiger partial charge >= 0.3 is 0 Å². The zero-order valence-electron chi connectivity index (χ0n) is 17.1. The number of hydrogen-bond donors (Lipinski definition) is 1. The van der Waals surface area contributed by atoms with Gasteiger partial charge in [-0.05, 0) is 81.3 Å². The van der Waals surface area contributed by atoms with Crippen LogP contribution in [0.4, 0.5) is 5.95 Å². The summed E-state index contributed by atoms with van der Waals surface area (Å²) in [4.78, 5) is 17.8. The quantitative estimate of drug-likeness (QED) is 0.568. The van der Waals surface area contributed by atoms with Gasteiger partial charge in [0.2, 0.25) is 5.95 Å². The number of nitrogens with zero attached hydrogens (tertiary/aromatic N) is 3. The van der Waals surface area contributed by atoms with Crippen LogP contribution in [0.25, 0.3) is 10.9 Å². The minimum atomic E-state index is -0.0140. The number of nitrogens with one attached hydrogen (secondary N) is 1. The molecular formula is C23H30N4O2. The van der Waals surface area contributed by atoms with Crippen molar-refractivity contribution in [2.75, 3.05) is 18.6 Å². The first-order valence-corrected chi connectivity index (χ1v) is 11.1. The predicted molar refractivity (Wildman–Crippen MR) is 115 cm³/mol. The molecule has 6 rings (SSSR count). The van der Waals surface area contributed by atoms with E-state index in [0.29, 0.717) is 48.4 Å². The molecule has 1 aromatic heterocycles. The van der Waals surface area contributed by atoms with Gasteiger partial charge < -0.3 is 4.74 Å². The van der Waals surface area contributed by atoms with Gasteiger partial charge in [-0.15, -0.1) is 0 Å². The Morgan fingerprint density at radius 1 is 1.14 bits per heavy atom. The molecular weight excluding hydrogens is 364 g/mol. The number of ether oxygens (including phenoxy) is 1. The molecule has 0 atom stereocenters. The number of rotatable bonds is 7. The Morgan fingerprint density at radius 2 is 1.86 bits per heavy atom. The highest BCUT2D eigenvalue weighted by Crippen LogP contribution is 2.52. The lowest BCUT2D eigenvalue weighted by Gasteiger charge is -2.50.